The molecule has 2 aliphatic rings. The number of hydrogen-bond donors (Lipinski definition) is 2. The maximum Gasteiger partial charge on any atom is 0.241 e. The van der Waals surface area contributed by atoms with Gasteiger partial charge in [-0.05, 0) is 63.8 Å². The highest BCUT2D eigenvalue weighted by Crippen LogP contribution is 2.38. The van der Waals surface area contributed by atoms with Gasteiger partial charge >= 0.3 is 0 Å². The smallest absolute Gasteiger partial charge is 0.241 e. The number of aromatic nitrogens is 4. The average Bonchev–Trinajstić information content (AvgIpc) is 3.43. The van der Waals surface area contributed by atoms with Crippen LogP contribution in [0.1, 0.15) is 50.6 Å². The fourth-order valence-corrected chi connectivity index (χ4v) is 5.29. The summed E-state index contributed by atoms with van der Waals surface area (Å²) >= 11 is 0. The summed E-state index contributed by atoms with van der Waals surface area (Å²) in [5.74, 6) is 1.56. The summed E-state index contributed by atoms with van der Waals surface area (Å²) in [6, 6.07) is 6.37. The van der Waals surface area contributed by atoms with E-state index in [4.69, 9.17) is 14.6 Å². The minimum Gasteiger partial charge on any atom is -0.473 e. The van der Waals surface area contributed by atoms with Gasteiger partial charge in [-0.2, -0.15) is 0 Å². The molecule has 9 nitrogen and oxygen atoms in total. The molecular formula is C26H36N6O3. The van der Waals surface area contributed by atoms with Gasteiger partial charge in [0.2, 0.25) is 11.8 Å². The molecule has 1 aliphatic carbocycles. The maximum atomic E-state index is 10.0. The summed E-state index contributed by atoms with van der Waals surface area (Å²) in [5, 5.41) is 18.3. The Bertz CT molecular complexity index is 1140. The van der Waals surface area contributed by atoms with Gasteiger partial charge in [0.15, 0.2) is 0 Å². The molecule has 0 amide bonds. The molecule has 1 aliphatic heterocycles. The lowest BCUT2D eigenvalue weighted by Crippen LogP contribution is -2.23. The highest BCUT2D eigenvalue weighted by Gasteiger charge is 2.26. The predicted octanol–water partition coefficient (Wildman–Crippen LogP) is 3.34. The van der Waals surface area contributed by atoms with Crippen LogP contribution in [0.4, 0.5) is 5.95 Å². The van der Waals surface area contributed by atoms with E-state index >= 15 is 0 Å². The van der Waals surface area contributed by atoms with Gasteiger partial charge < -0.3 is 24.8 Å². The van der Waals surface area contributed by atoms with E-state index in [2.05, 4.69) is 33.3 Å². The number of anilines is 1. The van der Waals surface area contributed by atoms with Crippen molar-refractivity contribution in [2.75, 3.05) is 39.2 Å². The van der Waals surface area contributed by atoms with Crippen LogP contribution in [0.15, 0.2) is 30.6 Å². The van der Waals surface area contributed by atoms with Crippen molar-refractivity contribution in [1.29, 1.82) is 0 Å². The third-order valence-corrected chi connectivity index (χ3v) is 7.13. The Morgan fingerprint density at radius 1 is 1.17 bits per heavy atom. The summed E-state index contributed by atoms with van der Waals surface area (Å²) in [5.41, 5.74) is 4.22. The number of methoxy groups -OCH3 is 1. The van der Waals surface area contributed by atoms with Crippen LogP contribution >= 0.6 is 0 Å². The van der Waals surface area contributed by atoms with Crippen molar-refractivity contribution in [3.8, 4) is 17.0 Å². The van der Waals surface area contributed by atoms with Crippen LogP contribution in [-0.4, -0.2) is 81.7 Å². The molecule has 5 rings (SSSR count). The first-order valence-corrected chi connectivity index (χ1v) is 12.6. The summed E-state index contributed by atoms with van der Waals surface area (Å²) in [6.45, 7) is 4.58. The Morgan fingerprint density at radius 2 is 2.00 bits per heavy atom. The number of nitrogens with zero attached hydrogens (tertiary/aromatic N) is 5. The lowest BCUT2D eigenvalue weighted by atomic mass is 9.85. The first-order valence-electron chi connectivity index (χ1n) is 12.6. The number of nitrogens with one attached hydrogen (secondary N) is 1. The molecule has 2 fully saturated rings. The summed E-state index contributed by atoms with van der Waals surface area (Å²) in [7, 11) is 3.80. The first kappa shape index (κ1) is 24.0. The number of ether oxygens (including phenoxy) is 2. The van der Waals surface area contributed by atoms with E-state index in [1.807, 2.05) is 36.0 Å². The SMILES string of the molecule is COC[C@H](C)Nc1ncc2c(-c3ccnc(O[C@@H]4CCN(C)C4)c3)cc(C3CCC(O)CC3)n2n1. The van der Waals surface area contributed by atoms with E-state index in [0.29, 0.717) is 24.4 Å². The Kier molecular flexibility index (Phi) is 7.17. The van der Waals surface area contributed by atoms with E-state index in [0.717, 1.165) is 67.5 Å². The Morgan fingerprint density at radius 3 is 2.74 bits per heavy atom. The van der Waals surface area contributed by atoms with E-state index in [1.165, 1.54) is 0 Å². The van der Waals surface area contributed by atoms with Gasteiger partial charge in [0.1, 0.15) is 6.10 Å². The lowest BCUT2D eigenvalue weighted by molar-refractivity contribution is 0.121. The van der Waals surface area contributed by atoms with Gasteiger partial charge in [-0.3, -0.25) is 0 Å². The number of likely N-dealkylation sites (N-methyl/N-ethyl adjacent to an activating group) is 1. The van der Waals surface area contributed by atoms with Crippen molar-refractivity contribution >= 4 is 11.5 Å². The molecule has 0 spiro atoms. The zero-order chi connectivity index (χ0) is 24.4. The van der Waals surface area contributed by atoms with Crippen molar-refractivity contribution in [1.82, 2.24) is 24.5 Å². The quantitative estimate of drug-likeness (QED) is 0.507. The second kappa shape index (κ2) is 10.5. The number of likely N-dealkylation sites (tertiary alicyclic amines) is 1. The second-order valence-corrected chi connectivity index (χ2v) is 10.0. The Balaban J connectivity index is 1.49. The molecule has 1 saturated carbocycles. The van der Waals surface area contributed by atoms with Gasteiger partial charge in [-0.25, -0.2) is 14.5 Å². The third-order valence-electron chi connectivity index (χ3n) is 7.13. The van der Waals surface area contributed by atoms with Crippen LogP contribution in [0, 0.1) is 0 Å². The minimum atomic E-state index is -0.201. The summed E-state index contributed by atoms with van der Waals surface area (Å²) in [4.78, 5) is 11.4. The zero-order valence-electron chi connectivity index (χ0n) is 20.9. The Hall–Kier alpha value is -2.75. The Labute approximate surface area is 206 Å². The molecule has 4 heterocycles. The summed E-state index contributed by atoms with van der Waals surface area (Å²) < 4.78 is 13.5. The van der Waals surface area contributed by atoms with Crippen molar-refractivity contribution in [2.45, 2.75) is 63.2 Å². The zero-order valence-corrected chi connectivity index (χ0v) is 20.9. The lowest BCUT2D eigenvalue weighted by Gasteiger charge is -2.25. The van der Waals surface area contributed by atoms with Crippen molar-refractivity contribution < 1.29 is 14.6 Å². The fourth-order valence-electron chi connectivity index (χ4n) is 5.29. The molecule has 1 saturated heterocycles. The van der Waals surface area contributed by atoms with Crippen molar-refractivity contribution in [3.05, 3.63) is 36.3 Å². The normalized spacial score (nSPS) is 24.1. The van der Waals surface area contributed by atoms with Crippen LogP contribution in [0.2, 0.25) is 0 Å². The summed E-state index contributed by atoms with van der Waals surface area (Å²) in [6.07, 6.45) is 8.20. The number of aliphatic hydroxyl groups is 1. The molecule has 0 radical (unpaired) electrons. The van der Waals surface area contributed by atoms with Crippen LogP contribution < -0.4 is 10.1 Å². The number of aliphatic hydroxyl groups excluding tert-OH is 1. The molecule has 2 atom stereocenters. The van der Waals surface area contributed by atoms with Gasteiger partial charge in [0.25, 0.3) is 0 Å². The molecule has 9 heteroatoms. The number of pyridine rings is 1. The van der Waals surface area contributed by atoms with E-state index in [9.17, 15) is 5.11 Å². The number of fused-ring (bicyclic) bond motifs is 1. The highest BCUT2D eigenvalue weighted by atomic mass is 16.5. The average molecular weight is 481 g/mol. The molecule has 3 aromatic rings. The topological polar surface area (TPSA) is 97.0 Å². The van der Waals surface area contributed by atoms with Crippen LogP contribution in [0.25, 0.3) is 16.6 Å². The van der Waals surface area contributed by atoms with Gasteiger partial charge in [-0.1, -0.05) is 0 Å². The monoisotopic (exact) mass is 480 g/mol. The number of rotatable bonds is 8. The maximum absolute atomic E-state index is 10.0. The van der Waals surface area contributed by atoms with Crippen LogP contribution in [-0.2, 0) is 4.74 Å². The van der Waals surface area contributed by atoms with Gasteiger partial charge in [-0.15, -0.1) is 5.10 Å². The van der Waals surface area contributed by atoms with Gasteiger partial charge in [0.05, 0.1) is 24.4 Å². The predicted molar refractivity (Wildman–Crippen MR) is 135 cm³/mol. The molecule has 0 bridgehead atoms. The van der Waals surface area contributed by atoms with E-state index < -0.39 is 0 Å². The second-order valence-electron chi connectivity index (χ2n) is 10.0. The van der Waals surface area contributed by atoms with Crippen LogP contribution in [0.5, 0.6) is 5.88 Å². The van der Waals surface area contributed by atoms with E-state index in [-0.39, 0.29) is 18.2 Å². The first-order chi connectivity index (χ1) is 17.0. The molecule has 0 unspecified atom stereocenters. The molecule has 0 aromatic carbocycles. The fraction of sp³-hybridized carbons (Fsp3) is 0.577. The minimum absolute atomic E-state index is 0.0929. The molecule has 2 N–H and O–H groups in total. The highest BCUT2D eigenvalue weighted by molar-refractivity contribution is 5.81. The van der Waals surface area contributed by atoms with Crippen molar-refractivity contribution in [3.63, 3.8) is 0 Å². The standard InChI is InChI=1S/C26H36N6O3/c1-17(16-34-3)29-26-28-14-24-22(13-23(32(24)30-26)18-4-6-20(33)7-5-18)19-8-10-27-25(12-19)35-21-9-11-31(2)15-21/h8,10,12-14,17-18,20-21,33H,4-7,9,11,15-16H2,1-3H3,(H,29,30)/t17-,18?,20?,21+/m0/s1. The number of hydrogen-bond acceptors (Lipinski definition) is 8. The van der Waals surface area contributed by atoms with E-state index in [1.54, 1.807) is 7.11 Å². The third kappa shape index (κ3) is 5.42. The molecule has 188 valence electrons. The molecular weight excluding hydrogens is 444 g/mol. The van der Waals surface area contributed by atoms with Crippen LogP contribution in [0.3, 0.4) is 0 Å². The van der Waals surface area contributed by atoms with Crippen molar-refractivity contribution in [2.24, 2.45) is 0 Å². The molecule has 3 aromatic heterocycles. The largest absolute Gasteiger partial charge is 0.473 e. The van der Waals surface area contributed by atoms with Gasteiger partial charge in [0, 0.05) is 55.7 Å². The molecule has 35 heavy (non-hydrogen) atoms.